The third-order valence-corrected chi connectivity index (χ3v) is 5.33. The van der Waals surface area contributed by atoms with Crippen molar-refractivity contribution in [2.75, 3.05) is 0 Å². The molecule has 0 aliphatic rings. The van der Waals surface area contributed by atoms with E-state index < -0.39 is 5.95 Å². The van der Waals surface area contributed by atoms with E-state index in [4.69, 9.17) is 0 Å². The van der Waals surface area contributed by atoms with Gasteiger partial charge in [-0.1, -0.05) is 61.9 Å². The zero-order chi connectivity index (χ0) is 22.0. The Morgan fingerprint density at radius 1 is 1.06 bits per heavy atom. The topological polar surface area (TPSA) is 81.4 Å². The third-order valence-electron chi connectivity index (χ3n) is 5.33. The van der Waals surface area contributed by atoms with Crippen molar-refractivity contribution in [1.82, 2.24) is 29.8 Å². The molecule has 4 aromatic rings. The van der Waals surface area contributed by atoms with Gasteiger partial charge in [-0.2, -0.15) is 9.60 Å². The molecule has 2 aromatic carbocycles. The number of imidazole rings is 1. The second kappa shape index (κ2) is 8.67. The molecular formula is C23H25FN6O. The number of halogens is 1. The number of rotatable bonds is 7. The van der Waals surface area contributed by atoms with Gasteiger partial charge in [-0.15, -0.1) is 10.2 Å². The lowest BCUT2D eigenvalue weighted by atomic mass is 9.98. The van der Waals surface area contributed by atoms with E-state index in [-0.39, 0.29) is 11.7 Å². The summed E-state index contributed by atoms with van der Waals surface area (Å²) in [6.45, 7) is 5.95. The first-order valence-corrected chi connectivity index (χ1v) is 10.4. The maximum atomic E-state index is 14.9. The second-order valence-electron chi connectivity index (χ2n) is 7.80. The molecule has 1 N–H and O–H groups in total. The average Bonchev–Trinajstić information content (AvgIpc) is 3.38. The Balaban J connectivity index is 1.67. The number of nitrogens with one attached hydrogen (secondary N) is 1. The minimum Gasteiger partial charge on any atom is -0.289 e. The normalized spacial score (nSPS) is 11.4. The van der Waals surface area contributed by atoms with Gasteiger partial charge in [0.2, 0.25) is 11.8 Å². The van der Waals surface area contributed by atoms with Gasteiger partial charge in [0.1, 0.15) is 0 Å². The second-order valence-corrected chi connectivity index (χ2v) is 7.80. The van der Waals surface area contributed by atoms with Gasteiger partial charge in [0.05, 0.1) is 12.2 Å². The molecule has 2 aromatic heterocycles. The van der Waals surface area contributed by atoms with Crippen LogP contribution in [0, 0.1) is 5.95 Å². The molecule has 160 valence electrons. The maximum absolute atomic E-state index is 14.9. The number of hydrogen-bond donors (Lipinski definition) is 1. The fraction of sp³-hybridized carbons (Fsp3) is 0.304. The van der Waals surface area contributed by atoms with Gasteiger partial charge in [-0.3, -0.25) is 9.13 Å². The minimum absolute atomic E-state index is 0.228. The molecule has 0 fully saturated rings. The van der Waals surface area contributed by atoms with Crippen molar-refractivity contribution < 1.29 is 4.39 Å². The smallest absolute Gasteiger partial charge is 0.289 e. The van der Waals surface area contributed by atoms with E-state index in [0.29, 0.717) is 24.5 Å². The van der Waals surface area contributed by atoms with Crippen molar-refractivity contribution in [3.63, 3.8) is 0 Å². The molecule has 0 radical (unpaired) electrons. The Labute approximate surface area is 179 Å². The number of nitrogens with zero attached hydrogens (tertiary/aromatic N) is 5. The van der Waals surface area contributed by atoms with Crippen LogP contribution in [0.1, 0.15) is 44.5 Å². The molecule has 0 atom stereocenters. The summed E-state index contributed by atoms with van der Waals surface area (Å²) < 4.78 is 17.7. The number of aromatic amines is 1. The lowest BCUT2D eigenvalue weighted by molar-refractivity contribution is 0.441. The van der Waals surface area contributed by atoms with Gasteiger partial charge in [0, 0.05) is 11.6 Å². The Morgan fingerprint density at radius 3 is 2.39 bits per heavy atom. The lowest BCUT2D eigenvalue weighted by Crippen LogP contribution is -2.27. The third kappa shape index (κ3) is 3.93. The number of benzene rings is 2. The summed E-state index contributed by atoms with van der Waals surface area (Å²) in [7, 11) is 0. The molecule has 0 aliphatic carbocycles. The van der Waals surface area contributed by atoms with E-state index in [2.05, 4.69) is 20.6 Å². The van der Waals surface area contributed by atoms with Gasteiger partial charge in [0.25, 0.3) is 0 Å². The van der Waals surface area contributed by atoms with E-state index in [1.807, 2.05) is 69.3 Å². The first-order valence-electron chi connectivity index (χ1n) is 10.4. The number of hydrogen-bond acceptors (Lipinski definition) is 4. The van der Waals surface area contributed by atoms with E-state index in [1.165, 1.54) is 4.57 Å². The maximum Gasteiger partial charge on any atom is 0.331 e. The van der Waals surface area contributed by atoms with E-state index in [9.17, 15) is 9.18 Å². The summed E-state index contributed by atoms with van der Waals surface area (Å²) in [6, 6.07) is 15.5. The molecule has 0 unspecified atom stereocenters. The van der Waals surface area contributed by atoms with Crippen molar-refractivity contribution in [3.8, 4) is 22.5 Å². The van der Waals surface area contributed by atoms with E-state index in [1.54, 1.807) is 4.57 Å². The average molecular weight is 420 g/mol. The van der Waals surface area contributed by atoms with Gasteiger partial charge >= 0.3 is 5.69 Å². The molecule has 0 amide bonds. The first kappa shape index (κ1) is 20.7. The highest BCUT2D eigenvalue weighted by Crippen LogP contribution is 2.29. The summed E-state index contributed by atoms with van der Waals surface area (Å²) in [5.74, 6) is 0.105. The highest BCUT2D eigenvalue weighted by Gasteiger charge is 2.21. The molecular weight excluding hydrogens is 395 g/mol. The molecule has 0 bridgehead atoms. The van der Waals surface area contributed by atoms with Crippen LogP contribution >= 0.6 is 0 Å². The zero-order valence-electron chi connectivity index (χ0n) is 17.8. The van der Waals surface area contributed by atoms with Crippen molar-refractivity contribution in [2.45, 2.75) is 46.2 Å². The highest BCUT2D eigenvalue weighted by molar-refractivity contribution is 5.80. The zero-order valence-corrected chi connectivity index (χ0v) is 17.8. The SMILES string of the molecule is CCCc1c(F)n(C(C)C)c(=O)n1Cc1ccc(-c2ccccc2-c2nn[nH]n2)cc1. The van der Waals surface area contributed by atoms with E-state index in [0.717, 1.165) is 28.7 Å². The standard InChI is InChI=1S/C23H25FN6O/c1-4-7-20-21(24)30(15(2)3)23(31)29(20)14-16-10-12-17(13-11-16)18-8-5-6-9-19(18)22-25-27-28-26-22/h5-6,8-13,15H,4,7,14H2,1-3H3,(H,25,26,27,28). The first-order chi connectivity index (χ1) is 15.0. The minimum atomic E-state index is -0.424. The fourth-order valence-electron chi connectivity index (χ4n) is 3.84. The van der Waals surface area contributed by atoms with Crippen LogP contribution in [0.5, 0.6) is 0 Å². The van der Waals surface area contributed by atoms with Crippen LogP contribution in [0.25, 0.3) is 22.5 Å². The Morgan fingerprint density at radius 2 is 1.77 bits per heavy atom. The molecule has 2 heterocycles. The molecule has 31 heavy (non-hydrogen) atoms. The summed E-state index contributed by atoms with van der Waals surface area (Å²) >= 11 is 0. The van der Waals surface area contributed by atoms with Crippen LogP contribution in [0.4, 0.5) is 4.39 Å². The van der Waals surface area contributed by atoms with Crippen LogP contribution in [-0.4, -0.2) is 29.8 Å². The lowest BCUT2D eigenvalue weighted by Gasteiger charge is -2.10. The van der Waals surface area contributed by atoms with E-state index >= 15 is 0 Å². The molecule has 4 rings (SSSR count). The van der Waals surface area contributed by atoms with Crippen molar-refractivity contribution in [1.29, 1.82) is 0 Å². The Kier molecular flexibility index (Phi) is 5.79. The van der Waals surface area contributed by atoms with Gasteiger partial charge in [-0.25, -0.2) is 4.79 Å². The van der Waals surface area contributed by atoms with Crippen LogP contribution in [-0.2, 0) is 13.0 Å². The predicted molar refractivity (Wildman–Crippen MR) is 117 cm³/mol. The fourth-order valence-corrected chi connectivity index (χ4v) is 3.84. The van der Waals surface area contributed by atoms with Crippen molar-refractivity contribution >= 4 is 0 Å². The Hall–Kier alpha value is -3.55. The molecule has 0 saturated carbocycles. The number of tetrazole rings is 1. The van der Waals surface area contributed by atoms with Crippen molar-refractivity contribution in [3.05, 3.63) is 76.2 Å². The summed E-state index contributed by atoms with van der Waals surface area (Å²) in [5.41, 5.74) is 3.95. The Bertz CT molecular complexity index is 1220. The van der Waals surface area contributed by atoms with Crippen LogP contribution in [0.2, 0.25) is 0 Å². The number of aromatic nitrogens is 6. The molecule has 0 spiro atoms. The van der Waals surface area contributed by atoms with Crippen LogP contribution in [0.15, 0.2) is 53.3 Å². The summed E-state index contributed by atoms with van der Waals surface area (Å²) in [6.07, 6.45) is 1.29. The van der Waals surface area contributed by atoms with Gasteiger partial charge in [0.15, 0.2) is 0 Å². The summed E-state index contributed by atoms with van der Waals surface area (Å²) in [5, 5.41) is 14.3. The van der Waals surface area contributed by atoms with Crippen LogP contribution < -0.4 is 5.69 Å². The summed E-state index contributed by atoms with van der Waals surface area (Å²) in [4.78, 5) is 12.9. The van der Waals surface area contributed by atoms with Crippen molar-refractivity contribution in [2.24, 2.45) is 0 Å². The quantitative estimate of drug-likeness (QED) is 0.485. The monoisotopic (exact) mass is 420 g/mol. The molecule has 0 aliphatic heterocycles. The molecule has 8 heteroatoms. The van der Waals surface area contributed by atoms with Gasteiger partial charge < -0.3 is 0 Å². The predicted octanol–water partition coefficient (Wildman–Crippen LogP) is 4.22. The van der Waals surface area contributed by atoms with Crippen LogP contribution in [0.3, 0.4) is 0 Å². The molecule has 7 nitrogen and oxygen atoms in total. The molecule has 0 saturated heterocycles. The largest absolute Gasteiger partial charge is 0.331 e. The number of H-pyrrole nitrogens is 1. The van der Waals surface area contributed by atoms with Gasteiger partial charge in [-0.05, 0) is 42.2 Å². The highest BCUT2D eigenvalue weighted by atomic mass is 19.1.